The highest BCUT2D eigenvalue weighted by Crippen LogP contribution is 2.08. The van der Waals surface area contributed by atoms with E-state index in [9.17, 15) is 9.59 Å². The summed E-state index contributed by atoms with van der Waals surface area (Å²) >= 11 is 0. The van der Waals surface area contributed by atoms with E-state index in [0.29, 0.717) is 17.5 Å². The maximum Gasteiger partial charge on any atom is 0.335 e. The van der Waals surface area contributed by atoms with E-state index in [-0.39, 0.29) is 12.2 Å². The SMILES string of the molecule is C=CCCCCCCCCC.CCCC(O)CC(C)O.O=C(O)c1ccccc1.O=C(O)c1ccccc1. The van der Waals surface area contributed by atoms with Gasteiger partial charge in [0.25, 0.3) is 0 Å². The molecular formula is C32H50O6. The molecule has 0 aliphatic rings. The first-order chi connectivity index (χ1) is 18.2. The highest BCUT2D eigenvalue weighted by atomic mass is 16.4. The first kappa shape index (κ1) is 37.2. The number of hydrogen-bond acceptors (Lipinski definition) is 4. The van der Waals surface area contributed by atoms with Crippen LogP contribution < -0.4 is 0 Å². The molecule has 0 heterocycles. The van der Waals surface area contributed by atoms with Crippen LogP contribution in [0, 0.1) is 0 Å². The molecule has 0 radical (unpaired) electrons. The van der Waals surface area contributed by atoms with Crippen molar-refractivity contribution in [1.82, 2.24) is 0 Å². The maximum absolute atomic E-state index is 10.2. The van der Waals surface area contributed by atoms with Crippen molar-refractivity contribution in [2.24, 2.45) is 0 Å². The molecule has 0 spiro atoms. The Morgan fingerprint density at radius 3 is 1.47 bits per heavy atom. The number of aromatic carboxylic acids is 2. The van der Waals surface area contributed by atoms with Gasteiger partial charge in [0, 0.05) is 0 Å². The molecule has 0 amide bonds. The zero-order chi connectivity index (χ0) is 29.0. The molecule has 214 valence electrons. The standard InChI is InChI=1S/C11H22.2C7H6O2.C7H16O2/c1-3-5-7-9-11-10-8-6-4-2;2*8-7(9)6-4-2-1-3-5-6;1-3-4-7(9)5-6(2)8/h3H,1,4-11H2,2H3;2*1-5H,(H,8,9);6-9H,3-5H2,1-2H3. The van der Waals surface area contributed by atoms with Gasteiger partial charge in [0.2, 0.25) is 0 Å². The lowest BCUT2D eigenvalue weighted by Gasteiger charge is -2.09. The van der Waals surface area contributed by atoms with Gasteiger partial charge in [-0.25, -0.2) is 9.59 Å². The number of carbonyl (C=O) groups is 2. The zero-order valence-electron chi connectivity index (χ0n) is 23.6. The van der Waals surface area contributed by atoms with Crippen LogP contribution >= 0.6 is 0 Å². The van der Waals surface area contributed by atoms with E-state index in [1.807, 2.05) is 13.0 Å². The number of hydrogen-bond donors (Lipinski definition) is 4. The van der Waals surface area contributed by atoms with Crippen molar-refractivity contribution >= 4 is 11.9 Å². The largest absolute Gasteiger partial charge is 0.478 e. The molecule has 0 aromatic heterocycles. The summed E-state index contributed by atoms with van der Waals surface area (Å²) in [5.74, 6) is -1.76. The number of allylic oxidation sites excluding steroid dienone is 1. The predicted molar refractivity (Wildman–Crippen MR) is 157 cm³/mol. The summed E-state index contributed by atoms with van der Waals surface area (Å²) in [4.78, 5) is 20.4. The molecule has 0 saturated carbocycles. The van der Waals surface area contributed by atoms with Crippen molar-refractivity contribution < 1.29 is 30.0 Å². The third kappa shape index (κ3) is 26.1. The maximum atomic E-state index is 10.2. The average Bonchev–Trinajstić information content (AvgIpc) is 2.90. The first-order valence-corrected chi connectivity index (χ1v) is 13.7. The van der Waals surface area contributed by atoms with Crippen LogP contribution in [-0.2, 0) is 0 Å². The minimum atomic E-state index is -0.879. The summed E-state index contributed by atoms with van der Waals surface area (Å²) in [6.45, 7) is 9.68. The van der Waals surface area contributed by atoms with Gasteiger partial charge in [0.1, 0.15) is 0 Å². The normalized spacial score (nSPS) is 11.2. The summed E-state index contributed by atoms with van der Waals surface area (Å²) in [5, 5.41) is 34.6. The Bertz CT molecular complexity index is 756. The number of carboxylic acid groups (broad SMARTS) is 2. The summed E-state index contributed by atoms with van der Waals surface area (Å²) in [6, 6.07) is 16.6. The zero-order valence-corrected chi connectivity index (χ0v) is 23.6. The molecule has 38 heavy (non-hydrogen) atoms. The van der Waals surface area contributed by atoms with Crippen molar-refractivity contribution in [1.29, 1.82) is 0 Å². The lowest BCUT2D eigenvalue weighted by atomic mass is 10.1. The topological polar surface area (TPSA) is 115 Å². The molecule has 4 N–H and O–H groups in total. The van der Waals surface area contributed by atoms with Crippen LogP contribution in [0.3, 0.4) is 0 Å². The van der Waals surface area contributed by atoms with E-state index in [2.05, 4.69) is 13.5 Å². The second-order valence-electron chi connectivity index (χ2n) is 9.07. The van der Waals surface area contributed by atoms with Crippen LogP contribution in [0.15, 0.2) is 73.3 Å². The van der Waals surface area contributed by atoms with Crippen molar-refractivity contribution in [2.45, 2.75) is 104 Å². The molecular weight excluding hydrogens is 480 g/mol. The van der Waals surface area contributed by atoms with Gasteiger partial charge in [-0.1, -0.05) is 101 Å². The van der Waals surface area contributed by atoms with E-state index in [4.69, 9.17) is 20.4 Å². The van der Waals surface area contributed by atoms with Gasteiger partial charge in [0.05, 0.1) is 23.3 Å². The van der Waals surface area contributed by atoms with Gasteiger partial charge in [-0.2, -0.15) is 0 Å². The number of carboxylic acids is 2. The molecule has 2 aromatic carbocycles. The molecule has 2 rings (SSSR count). The molecule has 2 unspecified atom stereocenters. The number of aliphatic hydroxyl groups excluding tert-OH is 2. The van der Waals surface area contributed by atoms with Gasteiger partial charge >= 0.3 is 11.9 Å². The van der Waals surface area contributed by atoms with Crippen LogP contribution in [0.2, 0.25) is 0 Å². The van der Waals surface area contributed by atoms with E-state index in [1.54, 1.807) is 67.6 Å². The minimum absolute atomic E-state index is 0.310. The molecule has 0 aliphatic carbocycles. The number of unbranched alkanes of at least 4 members (excludes halogenated alkanes) is 7. The molecule has 0 fully saturated rings. The number of aliphatic hydroxyl groups is 2. The van der Waals surface area contributed by atoms with Gasteiger partial charge in [0.15, 0.2) is 0 Å². The van der Waals surface area contributed by atoms with Gasteiger partial charge in [-0.3, -0.25) is 0 Å². The van der Waals surface area contributed by atoms with Crippen LogP contribution in [0.5, 0.6) is 0 Å². The summed E-state index contributed by atoms with van der Waals surface area (Å²) in [7, 11) is 0. The Morgan fingerprint density at radius 1 is 0.737 bits per heavy atom. The van der Waals surface area contributed by atoms with Crippen LogP contribution in [0.1, 0.15) is 112 Å². The molecule has 2 atom stereocenters. The summed E-state index contributed by atoms with van der Waals surface area (Å²) < 4.78 is 0. The fourth-order valence-electron chi connectivity index (χ4n) is 3.25. The molecule has 6 heteroatoms. The molecule has 0 saturated heterocycles. The smallest absolute Gasteiger partial charge is 0.335 e. The summed E-state index contributed by atoms with van der Waals surface area (Å²) in [5.41, 5.74) is 0.662. The third-order valence-electron chi connectivity index (χ3n) is 5.29. The monoisotopic (exact) mass is 530 g/mol. The highest BCUT2D eigenvalue weighted by Gasteiger charge is 2.05. The van der Waals surface area contributed by atoms with Crippen molar-refractivity contribution in [3.63, 3.8) is 0 Å². The molecule has 0 bridgehead atoms. The van der Waals surface area contributed by atoms with Crippen molar-refractivity contribution in [2.75, 3.05) is 0 Å². The van der Waals surface area contributed by atoms with Crippen LogP contribution in [0.25, 0.3) is 0 Å². The van der Waals surface area contributed by atoms with Crippen molar-refractivity contribution in [3.05, 3.63) is 84.4 Å². The fourth-order valence-corrected chi connectivity index (χ4v) is 3.25. The van der Waals surface area contributed by atoms with E-state index >= 15 is 0 Å². The Labute approximate surface area is 230 Å². The lowest BCUT2D eigenvalue weighted by molar-refractivity contribution is 0.0686. The molecule has 2 aromatic rings. The Hall–Kier alpha value is -2.96. The van der Waals surface area contributed by atoms with E-state index < -0.39 is 11.9 Å². The predicted octanol–water partition coefficient (Wildman–Crippen LogP) is 8.00. The second kappa shape index (κ2) is 27.1. The first-order valence-electron chi connectivity index (χ1n) is 13.7. The summed E-state index contributed by atoms with van der Waals surface area (Å²) in [6.07, 6.45) is 14.6. The average molecular weight is 531 g/mol. The Morgan fingerprint density at radius 2 is 1.16 bits per heavy atom. The third-order valence-corrected chi connectivity index (χ3v) is 5.29. The van der Waals surface area contributed by atoms with Crippen LogP contribution in [0.4, 0.5) is 0 Å². The van der Waals surface area contributed by atoms with Gasteiger partial charge in [-0.05, 0) is 56.9 Å². The van der Waals surface area contributed by atoms with Crippen molar-refractivity contribution in [3.8, 4) is 0 Å². The van der Waals surface area contributed by atoms with Crippen LogP contribution in [-0.4, -0.2) is 44.6 Å². The quantitative estimate of drug-likeness (QED) is 0.145. The lowest BCUT2D eigenvalue weighted by Crippen LogP contribution is -2.13. The van der Waals surface area contributed by atoms with E-state index in [1.165, 1.54) is 51.4 Å². The second-order valence-corrected chi connectivity index (χ2v) is 9.07. The number of rotatable bonds is 14. The Balaban J connectivity index is 0. The minimum Gasteiger partial charge on any atom is -0.478 e. The molecule has 0 aliphatic heterocycles. The number of benzene rings is 2. The molecule has 6 nitrogen and oxygen atoms in total. The van der Waals surface area contributed by atoms with Gasteiger partial charge < -0.3 is 20.4 Å². The highest BCUT2D eigenvalue weighted by molar-refractivity contribution is 5.87. The van der Waals surface area contributed by atoms with Gasteiger partial charge in [-0.15, -0.1) is 6.58 Å². The van der Waals surface area contributed by atoms with E-state index in [0.717, 1.165) is 12.8 Å². The Kier molecular flexibility index (Phi) is 26.5. The fraction of sp³-hybridized carbons (Fsp3) is 0.500.